The number of piperidine rings is 1. The number of hydrogen-bond donors (Lipinski definition) is 1. The second-order valence-electron chi connectivity index (χ2n) is 4.70. The van der Waals surface area contributed by atoms with Crippen LogP contribution in [0.1, 0.15) is 33.1 Å². The molecule has 1 heterocycles. The number of hydrogen-bond acceptors (Lipinski definition) is 2. The molecule has 0 amide bonds. The van der Waals surface area contributed by atoms with Crippen LogP contribution in [0.15, 0.2) is 11.1 Å². The summed E-state index contributed by atoms with van der Waals surface area (Å²) in [5, 5.41) is 3.53. The molecule has 0 spiro atoms. The molecule has 1 N–H and O–H groups in total. The maximum atomic E-state index is 3.93. The highest BCUT2D eigenvalue weighted by molar-refractivity contribution is 9.11. The van der Waals surface area contributed by atoms with Gasteiger partial charge in [-0.2, -0.15) is 0 Å². The zero-order chi connectivity index (χ0) is 11.3. The second kappa shape index (κ2) is 6.66. The summed E-state index contributed by atoms with van der Waals surface area (Å²) in [4.78, 5) is 2.54. The third-order valence-electron chi connectivity index (χ3n) is 2.89. The van der Waals surface area contributed by atoms with E-state index in [1.165, 1.54) is 25.8 Å². The smallest absolute Gasteiger partial charge is 0.0297 e. The summed E-state index contributed by atoms with van der Waals surface area (Å²) < 4.78 is 1.10. The molecule has 1 rings (SSSR count). The van der Waals surface area contributed by atoms with Crippen LogP contribution >= 0.6 is 15.9 Å². The summed E-state index contributed by atoms with van der Waals surface area (Å²) >= 11 is 3.46. The highest BCUT2D eigenvalue weighted by Crippen LogP contribution is 2.18. The topological polar surface area (TPSA) is 15.3 Å². The van der Waals surface area contributed by atoms with Gasteiger partial charge in [-0.3, -0.25) is 4.90 Å². The first-order valence-corrected chi connectivity index (χ1v) is 6.69. The van der Waals surface area contributed by atoms with Crippen LogP contribution in [0.25, 0.3) is 0 Å². The molecule has 1 aliphatic heterocycles. The zero-order valence-electron chi connectivity index (χ0n) is 9.93. The lowest BCUT2D eigenvalue weighted by Gasteiger charge is -2.36. The Morgan fingerprint density at radius 2 is 2.27 bits per heavy atom. The lowest BCUT2D eigenvalue weighted by Crippen LogP contribution is -2.47. The molecule has 1 unspecified atom stereocenters. The SMILES string of the molecule is C=C(Br)CN1CCCCC1CNC(C)C. The molecule has 1 aliphatic rings. The highest BCUT2D eigenvalue weighted by atomic mass is 79.9. The summed E-state index contributed by atoms with van der Waals surface area (Å²) in [7, 11) is 0. The zero-order valence-corrected chi connectivity index (χ0v) is 11.5. The molecule has 1 saturated heterocycles. The van der Waals surface area contributed by atoms with E-state index in [1.54, 1.807) is 0 Å². The van der Waals surface area contributed by atoms with Crippen LogP contribution in [0.4, 0.5) is 0 Å². The number of nitrogens with zero attached hydrogens (tertiary/aromatic N) is 1. The maximum Gasteiger partial charge on any atom is 0.0297 e. The molecule has 1 atom stereocenters. The number of likely N-dealkylation sites (tertiary alicyclic amines) is 1. The minimum absolute atomic E-state index is 0.584. The molecule has 0 aromatic rings. The van der Waals surface area contributed by atoms with Gasteiger partial charge in [-0.15, -0.1) is 0 Å². The van der Waals surface area contributed by atoms with Crippen LogP contribution in [0.2, 0.25) is 0 Å². The molecule has 1 fully saturated rings. The molecule has 0 aromatic heterocycles. The Kier molecular flexibility index (Phi) is 5.87. The molecule has 0 bridgehead atoms. The summed E-state index contributed by atoms with van der Waals surface area (Å²) in [5.41, 5.74) is 0. The van der Waals surface area contributed by atoms with E-state index in [1.807, 2.05) is 0 Å². The van der Waals surface area contributed by atoms with Gasteiger partial charge in [-0.25, -0.2) is 0 Å². The molecule has 15 heavy (non-hydrogen) atoms. The van der Waals surface area contributed by atoms with Crippen molar-refractivity contribution in [2.24, 2.45) is 0 Å². The molecular weight excluding hydrogens is 252 g/mol. The van der Waals surface area contributed by atoms with Crippen molar-refractivity contribution in [1.82, 2.24) is 10.2 Å². The van der Waals surface area contributed by atoms with E-state index < -0.39 is 0 Å². The van der Waals surface area contributed by atoms with Crippen LogP contribution in [0.5, 0.6) is 0 Å². The fraction of sp³-hybridized carbons (Fsp3) is 0.833. The summed E-state index contributed by atoms with van der Waals surface area (Å²) in [5.74, 6) is 0. The van der Waals surface area contributed by atoms with Gasteiger partial charge < -0.3 is 5.32 Å². The lowest BCUT2D eigenvalue weighted by molar-refractivity contribution is 0.159. The highest BCUT2D eigenvalue weighted by Gasteiger charge is 2.21. The van der Waals surface area contributed by atoms with Gasteiger partial charge in [0.15, 0.2) is 0 Å². The van der Waals surface area contributed by atoms with Gasteiger partial charge in [0.1, 0.15) is 0 Å². The monoisotopic (exact) mass is 274 g/mol. The molecule has 0 aliphatic carbocycles. The first-order chi connectivity index (χ1) is 7.09. The van der Waals surface area contributed by atoms with Crippen molar-refractivity contribution in [3.63, 3.8) is 0 Å². The van der Waals surface area contributed by atoms with Crippen molar-refractivity contribution >= 4 is 15.9 Å². The minimum atomic E-state index is 0.584. The summed E-state index contributed by atoms with van der Waals surface area (Å²) in [6, 6.07) is 1.27. The van der Waals surface area contributed by atoms with Gasteiger partial charge in [0.2, 0.25) is 0 Å². The third kappa shape index (κ3) is 5.14. The van der Waals surface area contributed by atoms with Crippen LogP contribution < -0.4 is 5.32 Å². The Balaban J connectivity index is 2.39. The molecule has 0 radical (unpaired) electrons. The largest absolute Gasteiger partial charge is 0.313 e. The van der Waals surface area contributed by atoms with E-state index in [9.17, 15) is 0 Å². The Morgan fingerprint density at radius 1 is 1.53 bits per heavy atom. The first-order valence-electron chi connectivity index (χ1n) is 5.90. The average Bonchev–Trinajstić information content (AvgIpc) is 2.15. The van der Waals surface area contributed by atoms with Gasteiger partial charge in [-0.1, -0.05) is 42.8 Å². The average molecular weight is 275 g/mol. The van der Waals surface area contributed by atoms with Gasteiger partial charge in [-0.05, 0) is 19.4 Å². The Hall–Kier alpha value is 0.140. The molecule has 88 valence electrons. The number of rotatable bonds is 5. The van der Waals surface area contributed by atoms with Gasteiger partial charge in [0.25, 0.3) is 0 Å². The molecule has 0 aromatic carbocycles. The summed E-state index contributed by atoms with van der Waals surface area (Å²) in [6.45, 7) is 11.7. The molecule has 3 heteroatoms. The normalized spacial score (nSPS) is 23.3. The Morgan fingerprint density at radius 3 is 2.87 bits per heavy atom. The number of nitrogens with one attached hydrogen (secondary N) is 1. The maximum absolute atomic E-state index is 3.93. The third-order valence-corrected chi connectivity index (χ3v) is 3.14. The van der Waals surface area contributed by atoms with Gasteiger partial charge in [0.05, 0.1) is 0 Å². The van der Waals surface area contributed by atoms with E-state index >= 15 is 0 Å². The van der Waals surface area contributed by atoms with Crippen molar-refractivity contribution in [3.8, 4) is 0 Å². The fourth-order valence-corrected chi connectivity index (χ4v) is 2.41. The van der Waals surface area contributed by atoms with Crippen LogP contribution in [-0.2, 0) is 0 Å². The first kappa shape index (κ1) is 13.2. The van der Waals surface area contributed by atoms with E-state index in [2.05, 4.69) is 46.6 Å². The Bertz CT molecular complexity index is 204. The standard InChI is InChI=1S/C12H23BrN2/c1-10(2)14-8-12-6-4-5-7-15(12)9-11(3)13/h10,12,14H,3-9H2,1-2H3. The number of halogens is 1. The predicted octanol–water partition coefficient (Wildman–Crippen LogP) is 2.75. The fourth-order valence-electron chi connectivity index (χ4n) is 2.09. The predicted molar refractivity (Wildman–Crippen MR) is 70.4 cm³/mol. The van der Waals surface area contributed by atoms with Crippen molar-refractivity contribution in [2.45, 2.75) is 45.2 Å². The van der Waals surface area contributed by atoms with Crippen LogP contribution in [-0.4, -0.2) is 36.6 Å². The lowest BCUT2D eigenvalue weighted by atomic mass is 10.0. The van der Waals surface area contributed by atoms with Gasteiger partial charge in [0, 0.05) is 29.7 Å². The van der Waals surface area contributed by atoms with Crippen molar-refractivity contribution in [3.05, 3.63) is 11.1 Å². The van der Waals surface area contributed by atoms with Crippen LogP contribution in [0.3, 0.4) is 0 Å². The van der Waals surface area contributed by atoms with E-state index in [4.69, 9.17) is 0 Å². The summed E-state index contributed by atoms with van der Waals surface area (Å²) in [6.07, 6.45) is 4.02. The Labute approximate surface area is 102 Å². The van der Waals surface area contributed by atoms with Gasteiger partial charge >= 0.3 is 0 Å². The quantitative estimate of drug-likeness (QED) is 0.830. The van der Waals surface area contributed by atoms with Crippen molar-refractivity contribution in [1.29, 1.82) is 0 Å². The van der Waals surface area contributed by atoms with Crippen molar-refractivity contribution in [2.75, 3.05) is 19.6 Å². The van der Waals surface area contributed by atoms with E-state index in [0.29, 0.717) is 12.1 Å². The van der Waals surface area contributed by atoms with E-state index in [0.717, 1.165) is 17.6 Å². The minimum Gasteiger partial charge on any atom is -0.313 e. The molecular formula is C12H23BrN2. The molecule has 0 saturated carbocycles. The second-order valence-corrected chi connectivity index (χ2v) is 5.82. The molecule has 2 nitrogen and oxygen atoms in total. The van der Waals surface area contributed by atoms with Crippen LogP contribution in [0, 0.1) is 0 Å². The van der Waals surface area contributed by atoms with Crippen molar-refractivity contribution < 1.29 is 0 Å². The van der Waals surface area contributed by atoms with E-state index in [-0.39, 0.29) is 0 Å².